The fourth-order valence-electron chi connectivity index (χ4n) is 3.76. The molecule has 0 bridgehead atoms. The first kappa shape index (κ1) is 16.1. The van der Waals surface area contributed by atoms with Gasteiger partial charge in [0.1, 0.15) is 6.17 Å². The Kier molecular flexibility index (Phi) is 3.94. The van der Waals surface area contributed by atoms with Crippen LogP contribution in [-0.2, 0) is 4.79 Å². The molecule has 7 heteroatoms. The van der Waals surface area contributed by atoms with Crippen molar-refractivity contribution in [3.63, 3.8) is 0 Å². The maximum atomic E-state index is 13.0. The van der Waals surface area contributed by atoms with E-state index in [1.54, 1.807) is 29.2 Å². The lowest BCUT2D eigenvalue weighted by Gasteiger charge is -2.29. The summed E-state index contributed by atoms with van der Waals surface area (Å²) >= 11 is 5.97. The predicted molar refractivity (Wildman–Crippen MR) is 94.5 cm³/mol. The summed E-state index contributed by atoms with van der Waals surface area (Å²) < 4.78 is 0. The van der Waals surface area contributed by atoms with Gasteiger partial charge in [-0.05, 0) is 54.8 Å². The summed E-state index contributed by atoms with van der Waals surface area (Å²) in [5, 5.41) is 11.5. The molecule has 2 aromatic carbocycles. The lowest BCUT2D eigenvalue weighted by atomic mass is 10.1. The molecule has 0 unspecified atom stereocenters. The van der Waals surface area contributed by atoms with Crippen LogP contribution in [0.5, 0.6) is 0 Å². The first-order chi connectivity index (χ1) is 12.1. The van der Waals surface area contributed by atoms with Crippen LogP contribution in [-0.4, -0.2) is 28.3 Å². The van der Waals surface area contributed by atoms with Gasteiger partial charge in [0.05, 0.1) is 11.0 Å². The van der Waals surface area contributed by atoms with Crippen LogP contribution in [0.3, 0.4) is 0 Å². The maximum Gasteiger partial charge on any atom is 0.269 e. The summed E-state index contributed by atoms with van der Waals surface area (Å²) in [6, 6.07) is 13.5. The average Bonchev–Trinajstić information content (AvgIpc) is 3.18. The molecular weight excluding hydrogens is 342 g/mol. The number of nitrogens with zero attached hydrogens (tertiary/aromatic N) is 3. The molecule has 2 aromatic rings. The van der Waals surface area contributed by atoms with Crippen molar-refractivity contribution in [2.75, 3.05) is 11.4 Å². The zero-order valence-electron chi connectivity index (χ0n) is 13.3. The topological polar surface area (TPSA) is 66.7 Å². The van der Waals surface area contributed by atoms with E-state index in [4.69, 9.17) is 11.6 Å². The first-order valence-electron chi connectivity index (χ1n) is 8.15. The summed E-state index contributed by atoms with van der Waals surface area (Å²) in [6.07, 6.45) is 1.57. The van der Waals surface area contributed by atoms with Gasteiger partial charge in [0.15, 0.2) is 0 Å². The number of halogens is 1. The number of hydrogen-bond donors (Lipinski definition) is 0. The van der Waals surface area contributed by atoms with Gasteiger partial charge in [-0.25, -0.2) is 0 Å². The zero-order chi connectivity index (χ0) is 17.6. The molecule has 2 fully saturated rings. The summed E-state index contributed by atoms with van der Waals surface area (Å²) in [6.45, 7) is 0.835. The Balaban J connectivity index is 1.76. The molecule has 128 valence electrons. The number of carbonyl (C=O) groups excluding carboxylic acids is 1. The Morgan fingerprint density at radius 2 is 1.76 bits per heavy atom. The summed E-state index contributed by atoms with van der Waals surface area (Å²) in [4.78, 5) is 27.4. The monoisotopic (exact) mass is 357 g/mol. The fourth-order valence-corrected chi connectivity index (χ4v) is 3.88. The Hall–Kier alpha value is -2.44. The van der Waals surface area contributed by atoms with E-state index in [-0.39, 0.29) is 23.8 Å². The number of nitro groups is 1. The second-order valence-corrected chi connectivity index (χ2v) is 6.74. The van der Waals surface area contributed by atoms with E-state index in [1.165, 1.54) is 12.1 Å². The average molecular weight is 358 g/mol. The van der Waals surface area contributed by atoms with E-state index < -0.39 is 4.92 Å². The molecule has 0 aliphatic carbocycles. The van der Waals surface area contributed by atoms with Crippen molar-refractivity contribution in [3.05, 3.63) is 69.2 Å². The van der Waals surface area contributed by atoms with Gasteiger partial charge >= 0.3 is 0 Å². The molecule has 2 aliphatic rings. The van der Waals surface area contributed by atoms with Gasteiger partial charge in [-0.2, -0.15) is 0 Å². The van der Waals surface area contributed by atoms with Crippen LogP contribution in [0.2, 0.25) is 5.02 Å². The highest BCUT2D eigenvalue weighted by atomic mass is 35.5. The third kappa shape index (κ3) is 2.67. The standard InChI is InChI=1S/C18H16ClN3O3/c19-13-5-9-14(10-6-13)21-17(20-11-1-2-16(20)18(21)23)12-3-7-15(8-4-12)22(24)25/h3-10,16-17H,1-2,11H2/t16-,17+/m1/s1. The zero-order valence-corrected chi connectivity index (χ0v) is 14.1. The number of rotatable bonds is 3. The summed E-state index contributed by atoms with van der Waals surface area (Å²) in [5.41, 5.74) is 1.70. The van der Waals surface area contributed by atoms with E-state index in [0.29, 0.717) is 5.02 Å². The van der Waals surface area contributed by atoms with E-state index in [9.17, 15) is 14.9 Å². The molecule has 0 saturated carbocycles. The van der Waals surface area contributed by atoms with Crippen LogP contribution >= 0.6 is 11.6 Å². The summed E-state index contributed by atoms with van der Waals surface area (Å²) in [5.74, 6) is 0.0724. The molecule has 25 heavy (non-hydrogen) atoms. The second kappa shape index (κ2) is 6.13. The van der Waals surface area contributed by atoms with Crippen molar-refractivity contribution in [2.45, 2.75) is 25.0 Å². The van der Waals surface area contributed by atoms with Crippen LogP contribution in [0.15, 0.2) is 48.5 Å². The van der Waals surface area contributed by atoms with Crippen LogP contribution < -0.4 is 4.90 Å². The summed E-state index contributed by atoms with van der Waals surface area (Å²) in [7, 11) is 0. The molecule has 4 rings (SSSR count). The number of benzene rings is 2. The molecule has 0 aromatic heterocycles. The molecular formula is C18H16ClN3O3. The molecule has 0 N–H and O–H groups in total. The van der Waals surface area contributed by atoms with Gasteiger partial charge < -0.3 is 0 Å². The van der Waals surface area contributed by atoms with Crippen molar-refractivity contribution in [1.82, 2.24) is 4.90 Å². The predicted octanol–water partition coefficient (Wildman–Crippen LogP) is 3.76. The van der Waals surface area contributed by atoms with Crippen molar-refractivity contribution in [1.29, 1.82) is 0 Å². The van der Waals surface area contributed by atoms with Gasteiger partial charge in [0.25, 0.3) is 5.69 Å². The van der Waals surface area contributed by atoms with Gasteiger partial charge in [0.2, 0.25) is 5.91 Å². The normalized spacial score (nSPS) is 23.1. The lowest BCUT2D eigenvalue weighted by Crippen LogP contribution is -2.32. The Morgan fingerprint density at radius 1 is 1.08 bits per heavy atom. The maximum absolute atomic E-state index is 13.0. The molecule has 6 nitrogen and oxygen atoms in total. The molecule has 2 aliphatic heterocycles. The van der Waals surface area contributed by atoms with Crippen molar-refractivity contribution in [3.8, 4) is 0 Å². The van der Waals surface area contributed by atoms with Crippen molar-refractivity contribution < 1.29 is 9.72 Å². The molecule has 0 radical (unpaired) electrons. The highest BCUT2D eigenvalue weighted by Crippen LogP contribution is 2.42. The Morgan fingerprint density at radius 3 is 2.40 bits per heavy atom. The highest BCUT2D eigenvalue weighted by Gasteiger charge is 2.49. The minimum Gasteiger partial charge on any atom is -0.291 e. The third-order valence-corrected chi connectivity index (χ3v) is 5.13. The van der Waals surface area contributed by atoms with E-state index in [1.807, 2.05) is 12.1 Å². The van der Waals surface area contributed by atoms with Gasteiger partial charge in [-0.1, -0.05) is 11.6 Å². The number of hydrogen-bond acceptors (Lipinski definition) is 4. The van der Waals surface area contributed by atoms with Crippen molar-refractivity contribution in [2.24, 2.45) is 0 Å². The largest absolute Gasteiger partial charge is 0.291 e. The van der Waals surface area contributed by atoms with E-state index in [0.717, 1.165) is 30.6 Å². The first-order valence-corrected chi connectivity index (χ1v) is 8.53. The highest BCUT2D eigenvalue weighted by molar-refractivity contribution is 6.30. The van der Waals surface area contributed by atoms with Crippen LogP contribution in [0, 0.1) is 10.1 Å². The minimum absolute atomic E-state index is 0.0455. The van der Waals surface area contributed by atoms with Crippen LogP contribution in [0.4, 0.5) is 11.4 Å². The second-order valence-electron chi connectivity index (χ2n) is 6.30. The quantitative estimate of drug-likeness (QED) is 0.619. The van der Waals surface area contributed by atoms with Gasteiger partial charge in [-0.3, -0.25) is 24.7 Å². The molecule has 1 amide bonds. The van der Waals surface area contributed by atoms with Gasteiger partial charge in [0, 0.05) is 29.4 Å². The molecule has 2 atom stereocenters. The minimum atomic E-state index is -0.417. The molecule has 0 spiro atoms. The molecule has 2 heterocycles. The number of nitro benzene ring substituents is 1. The molecule has 2 saturated heterocycles. The fraction of sp³-hybridized carbons (Fsp3) is 0.278. The van der Waals surface area contributed by atoms with E-state index >= 15 is 0 Å². The van der Waals surface area contributed by atoms with Crippen molar-refractivity contribution >= 4 is 28.9 Å². The van der Waals surface area contributed by atoms with Gasteiger partial charge in [-0.15, -0.1) is 0 Å². The SMILES string of the molecule is O=C1[C@H]2CCCN2[C@H](c2ccc([N+](=O)[O-])cc2)N1c1ccc(Cl)cc1. The van der Waals surface area contributed by atoms with Crippen LogP contribution in [0.25, 0.3) is 0 Å². The number of anilines is 1. The number of non-ortho nitro benzene ring substituents is 1. The number of carbonyl (C=O) groups is 1. The van der Waals surface area contributed by atoms with E-state index in [2.05, 4.69) is 4.90 Å². The Bertz CT molecular complexity index is 822. The third-order valence-electron chi connectivity index (χ3n) is 4.88. The number of amides is 1. The van der Waals surface area contributed by atoms with Crippen LogP contribution in [0.1, 0.15) is 24.6 Å². The number of fused-ring (bicyclic) bond motifs is 1. The Labute approximate surface area is 149 Å². The lowest BCUT2D eigenvalue weighted by molar-refractivity contribution is -0.384. The smallest absolute Gasteiger partial charge is 0.269 e.